The zero-order valence-corrected chi connectivity index (χ0v) is 14.8. The van der Waals surface area contributed by atoms with Gasteiger partial charge in [0.2, 0.25) is 0 Å². The standard InChI is InChI=1S/C19H30N4/c1-5-20-19(23-15(4)14(2)3)21-12-8-9-16-13-22-18-11-7-6-10-17(16)18/h6-7,10-11,13-15,22H,5,8-9,12H2,1-4H3,(H2,20,21,23). The first-order valence-electron chi connectivity index (χ1n) is 8.71. The fourth-order valence-corrected chi connectivity index (χ4v) is 2.50. The second kappa shape index (κ2) is 8.61. The molecule has 1 aromatic heterocycles. The summed E-state index contributed by atoms with van der Waals surface area (Å²) in [4.78, 5) is 8.04. The minimum atomic E-state index is 0.418. The van der Waals surface area contributed by atoms with E-state index in [9.17, 15) is 0 Å². The van der Waals surface area contributed by atoms with E-state index in [0.29, 0.717) is 12.0 Å². The fourth-order valence-electron chi connectivity index (χ4n) is 2.50. The van der Waals surface area contributed by atoms with Crippen LogP contribution in [0.3, 0.4) is 0 Å². The number of aromatic nitrogens is 1. The molecule has 1 heterocycles. The van der Waals surface area contributed by atoms with Crippen molar-refractivity contribution >= 4 is 16.9 Å². The molecular weight excluding hydrogens is 284 g/mol. The molecular formula is C19H30N4. The summed E-state index contributed by atoms with van der Waals surface area (Å²) in [5, 5.41) is 8.13. The first kappa shape index (κ1) is 17.4. The molecule has 0 fully saturated rings. The topological polar surface area (TPSA) is 52.2 Å². The predicted molar refractivity (Wildman–Crippen MR) is 100 cm³/mol. The van der Waals surface area contributed by atoms with Crippen molar-refractivity contribution in [1.29, 1.82) is 0 Å². The molecule has 0 bridgehead atoms. The third-order valence-electron chi connectivity index (χ3n) is 4.26. The number of aryl methyl sites for hydroxylation is 1. The lowest BCUT2D eigenvalue weighted by Gasteiger charge is -2.20. The fraction of sp³-hybridized carbons (Fsp3) is 0.526. The molecule has 3 N–H and O–H groups in total. The van der Waals surface area contributed by atoms with Crippen LogP contribution in [0.2, 0.25) is 0 Å². The Morgan fingerprint density at radius 3 is 2.74 bits per heavy atom. The van der Waals surface area contributed by atoms with E-state index in [1.54, 1.807) is 0 Å². The summed E-state index contributed by atoms with van der Waals surface area (Å²) in [6, 6.07) is 8.88. The van der Waals surface area contributed by atoms with Gasteiger partial charge < -0.3 is 15.6 Å². The van der Waals surface area contributed by atoms with Crippen molar-refractivity contribution in [2.45, 2.75) is 46.6 Å². The van der Waals surface area contributed by atoms with E-state index in [4.69, 9.17) is 4.99 Å². The van der Waals surface area contributed by atoms with Gasteiger partial charge in [0.15, 0.2) is 5.96 Å². The lowest BCUT2D eigenvalue weighted by molar-refractivity contribution is 0.481. The van der Waals surface area contributed by atoms with Crippen LogP contribution in [-0.4, -0.2) is 30.1 Å². The Morgan fingerprint density at radius 1 is 1.22 bits per heavy atom. The van der Waals surface area contributed by atoms with E-state index in [0.717, 1.165) is 31.9 Å². The molecule has 0 saturated heterocycles. The van der Waals surface area contributed by atoms with Gasteiger partial charge >= 0.3 is 0 Å². The van der Waals surface area contributed by atoms with Crippen molar-refractivity contribution < 1.29 is 0 Å². The van der Waals surface area contributed by atoms with Gasteiger partial charge in [0.25, 0.3) is 0 Å². The number of H-pyrrole nitrogens is 1. The van der Waals surface area contributed by atoms with Gasteiger partial charge in [0.05, 0.1) is 0 Å². The number of para-hydroxylation sites is 1. The maximum atomic E-state index is 4.70. The summed E-state index contributed by atoms with van der Waals surface area (Å²) >= 11 is 0. The van der Waals surface area contributed by atoms with E-state index < -0.39 is 0 Å². The van der Waals surface area contributed by atoms with Crippen LogP contribution in [-0.2, 0) is 6.42 Å². The summed E-state index contributed by atoms with van der Waals surface area (Å²) in [6.07, 6.45) is 4.22. The number of guanidine groups is 1. The zero-order valence-electron chi connectivity index (χ0n) is 14.8. The van der Waals surface area contributed by atoms with E-state index in [2.05, 4.69) is 73.8 Å². The molecule has 4 heteroatoms. The number of benzene rings is 1. The molecule has 2 aromatic rings. The van der Waals surface area contributed by atoms with Crippen molar-refractivity contribution in [3.05, 3.63) is 36.0 Å². The molecule has 0 saturated carbocycles. The maximum absolute atomic E-state index is 4.70. The van der Waals surface area contributed by atoms with Crippen molar-refractivity contribution in [3.63, 3.8) is 0 Å². The molecule has 0 aliphatic rings. The largest absolute Gasteiger partial charge is 0.361 e. The average Bonchev–Trinajstić information content (AvgIpc) is 2.94. The lowest BCUT2D eigenvalue weighted by Crippen LogP contribution is -2.44. The van der Waals surface area contributed by atoms with Gasteiger partial charge in [-0.2, -0.15) is 0 Å². The molecule has 1 aromatic carbocycles. The molecule has 0 radical (unpaired) electrons. The van der Waals surface area contributed by atoms with Gasteiger partial charge in [-0.25, -0.2) is 0 Å². The van der Waals surface area contributed by atoms with E-state index in [1.165, 1.54) is 16.5 Å². The van der Waals surface area contributed by atoms with Gasteiger partial charge in [-0.3, -0.25) is 4.99 Å². The second-order valence-corrected chi connectivity index (χ2v) is 6.40. The Kier molecular flexibility index (Phi) is 6.51. The maximum Gasteiger partial charge on any atom is 0.191 e. The van der Waals surface area contributed by atoms with Crippen LogP contribution in [0.5, 0.6) is 0 Å². The number of rotatable bonds is 7. The molecule has 1 atom stereocenters. The highest BCUT2D eigenvalue weighted by atomic mass is 15.2. The highest BCUT2D eigenvalue weighted by Crippen LogP contribution is 2.18. The van der Waals surface area contributed by atoms with Crippen LogP contribution in [0.1, 0.15) is 39.7 Å². The minimum Gasteiger partial charge on any atom is -0.361 e. The summed E-state index contributed by atoms with van der Waals surface area (Å²) < 4.78 is 0. The first-order valence-corrected chi connectivity index (χ1v) is 8.71. The Bertz CT molecular complexity index is 627. The Hall–Kier alpha value is -1.97. The number of aromatic amines is 1. The number of fused-ring (bicyclic) bond motifs is 1. The molecule has 0 aliphatic heterocycles. The number of nitrogens with zero attached hydrogens (tertiary/aromatic N) is 1. The number of nitrogens with one attached hydrogen (secondary N) is 3. The molecule has 4 nitrogen and oxygen atoms in total. The van der Waals surface area contributed by atoms with Gasteiger partial charge in [0.1, 0.15) is 0 Å². The van der Waals surface area contributed by atoms with E-state index in [1.807, 2.05) is 0 Å². The van der Waals surface area contributed by atoms with Crippen LogP contribution >= 0.6 is 0 Å². The number of hydrogen-bond donors (Lipinski definition) is 3. The Labute approximate surface area is 139 Å². The zero-order chi connectivity index (χ0) is 16.7. The quantitative estimate of drug-likeness (QED) is 0.415. The van der Waals surface area contributed by atoms with Gasteiger partial charge in [-0.15, -0.1) is 0 Å². The number of hydrogen-bond acceptors (Lipinski definition) is 1. The molecule has 2 rings (SSSR count). The Balaban J connectivity index is 1.88. The van der Waals surface area contributed by atoms with Crippen LogP contribution in [0, 0.1) is 5.92 Å². The highest BCUT2D eigenvalue weighted by Gasteiger charge is 2.08. The predicted octanol–water partition coefficient (Wildman–Crippen LogP) is 3.70. The average molecular weight is 314 g/mol. The Morgan fingerprint density at radius 2 is 2.00 bits per heavy atom. The summed E-state index contributed by atoms with van der Waals surface area (Å²) in [5.74, 6) is 1.51. The smallest absolute Gasteiger partial charge is 0.191 e. The molecule has 0 aliphatic carbocycles. The van der Waals surface area contributed by atoms with Gasteiger partial charge in [-0.05, 0) is 44.2 Å². The lowest BCUT2D eigenvalue weighted by atomic mass is 10.1. The first-order chi connectivity index (χ1) is 11.1. The molecule has 0 amide bonds. The number of aliphatic imine (C=N–C) groups is 1. The normalized spacial score (nSPS) is 13.5. The molecule has 126 valence electrons. The third kappa shape index (κ3) is 5.02. The van der Waals surface area contributed by atoms with Crippen molar-refractivity contribution in [1.82, 2.24) is 15.6 Å². The highest BCUT2D eigenvalue weighted by molar-refractivity contribution is 5.83. The SMILES string of the molecule is CCNC(=NCCCc1c[nH]c2ccccc12)NC(C)C(C)C. The van der Waals surface area contributed by atoms with Crippen LogP contribution < -0.4 is 10.6 Å². The van der Waals surface area contributed by atoms with E-state index >= 15 is 0 Å². The van der Waals surface area contributed by atoms with Crippen molar-refractivity contribution in [3.8, 4) is 0 Å². The summed E-state index contributed by atoms with van der Waals surface area (Å²) in [5.41, 5.74) is 2.59. The van der Waals surface area contributed by atoms with Crippen molar-refractivity contribution in [2.75, 3.05) is 13.1 Å². The summed E-state index contributed by atoms with van der Waals surface area (Å²) in [6.45, 7) is 10.5. The second-order valence-electron chi connectivity index (χ2n) is 6.40. The van der Waals surface area contributed by atoms with Crippen LogP contribution in [0.15, 0.2) is 35.5 Å². The van der Waals surface area contributed by atoms with Gasteiger partial charge in [-0.1, -0.05) is 32.0 Å². The minimum absolute atomic E-state index is 0.418. The summed E-state index contributed by atoms with van der Waals surface area (Å²) in [7, 11) is 0. The molecule has 23 heavy (non-hydrogen) atoms. The van der Waals surface area contributed by atoms with Crippen LogP contribution in [0.4, 0.5) is 0 Å². The van der Waals surface area contributed by atoms with Crippen molar-refractivity contribution in [2.24, 2.45) is 10.9 Å². The van der Waals surface area contributed by atoms with Crippen LogP contribution in [0.25, 0.3) is 10.9 Å². The molecule has 1 unspecified atom stereocenters. The molecule has 0 spiro atoms. The monoisotopic (exact) mass is 314 g/mol. The van der Waals surface area contributed by atoms with E-state index in [-0.39, 0.29) is 0 Å². The van der Waals surface area contributed by atoms with Gasteiger partial charge in [0, 0.05) is 36.2 Å². The third-order valence-corrected chi connectivity index (χ3v) is 4.26.